The molecule has 0 aliphatic carbocycles. The zero-order valence-electron chi connectivity index (χ0n) is 9.17. The Morgan fingerprint density at radius 3 is 2.44 bits per heavy atom. The van der Waals surface area contributed by atoms with Gasteiger partial charge in [0.25, 0.3) is 5.91 Å². The summed E-state index contributed by atoms with van der Waals surface area (Å²) in [7, 11) is 1.46. The Kier molecular flexibility index (Phi) is 3.49. The van der Waals surface area contributed by atoms with Gasteiger partial charge in [0.05, 0.1) is 6.10 Å². The minimum absolute atomic E-state index is 0.165. The molecule has 1 heterocycles. The number of likely N-dealkylation sites (tertiary alicyclic amines) is 1. The van der Waals surface area contributed by atoms with Crippen LogP contribution in [0, 0.1) is 0 Å². The van der Waals surface area contributed by atoms with Crippen LogP contribution in [0.25, 0.3) is 0 Å². The average molecular weight is 240 g/mol. The monoisotopic (exact) mass is 240 g/mol. The molecule has 0 radical (unpaired) electrons. The molecule has 0 spiro atoms. The molecule has 2 atom stereocenters. The van der Waals surface area contributed by atoms with Crippen molar-refractivity contribution >= 4 is 5.91 Å². The Morgan fingerprint density at radius 1 is 1.50 bits per heavy atom. The van der Waals surface area contributed by atoms with Crippen LogP contribution in [-0.4, -0.2) is 48.8 Å². The maximum Gasteiger partial charge on any atom is 0.415 e. The van der Waals surface area contributed by atoms with Gasteiger partial charge in [-0.1, -0.05) is 0 Å². The second-order valence-corrected chi connectivity index (χ2v) is 4.10. The van der Waals surface area contributed by atoms with E-state index < -0.39 is 17.6 Å². The molecule has 0 saturated carbocycles. The van der Waals surface area contributed by atoms with Crippen LogP contribution in [0.2, 0.25) is 0 Å². The van der Waals surface area contributed by atoms with Gasteiger partial charge in [-0.05, 0) is 13.3 Å². The van der Waals surface area contributed by atoms with Gasteiger partial charge in [-0.2, -0.15) is 13.2 Å². The summed E-state index contributed by atoms with van der Waals surface area (Å²) in [5.74, 6) is -1.10. The maximum atomic E-state index is 12.5. The first-order valence-electron chi connectivity index (χ1n) is 4.88. The van der Waals surface area contributed by atoms with E-state index in [2.05, 4.69) is 0 Å². The van der Waals surface area contributed by atoms with Crippen LogP contribution in [0.3, 0.4) is 0 Å². The molecule has 7 heteroatoms. The molecule has 1 fully saturated rings. The van der Waals surface area contributed by atoms with Crippen molar-refractivity contribution < 1.29 is 22.7 Å². The summed E-state index contributed by atoms with van der Waals surface area (Å²) in [6.07, 6.45) is -4.40. The Morgan fingerprint density at radius 2 is 2.06 bits per heavy atom. The molecule has 1 aliphatic rings. The number of amides is 1. The minimum atomic E-state index is -4.74. The van der Waals surface area contributed by atoms with Gasteiger partial charge < -0.3 is 15.4 Å². The first-order valence-corrected chi connectivity index (χ1v) is 4.88. The van der Waals surface area contributed by atoms with Crippen LogP contribution in [-0.2, 0) is 9.53 Å². The molecule has 2 unspecified atom stereocenters. The zero-order chi connectivity index (χ0) is 12.6. The van der Waals surface area contributed by atoms with Crippen LogP contribution < -0.4 is 5.73 Å². The molecule has 0 bridgehead atoms. The maximum absolute atomic E-state index is 12.5. The van der Waals surface area contributed by atoms with Gasteiger partial charge in [-0.3, -0.25) is 4.79 Å². The highest BCUT2D eigenvalue weighted by atomic mass is 19.4. The average Bonchev–Trinajstić information content (AvgIpc) is 2.62. The summed E-state index contributed by atoms with van der Waals surface area (Å²) in [4.78, 5) is 12.7. The number of alkyl halides is 3. The topological polar surface area (TPSA) is 55.6 Å². The van der Waals surface area contributed by atoms with E-state index in [-0.39, 0.29) is 19.2 Å². The van der Waals surface area contributed by atoms with Crippen molar-refractivity contribution in [2.75, 3.05) is 20.2 Å². The van der Waals surface area contributed by atoms with Crippen LogP contribution in [0.5, 0.6) is 0 Å². The third-order valence-corrected chi connectivity index (χ3v) is 2.80. The molecule has 16 heavy (non-hydrogen) atoms. The van der Waals surface area contributed by atoms with Gasteiger partial charge in [0.1, 0.15) is 0 Å². The van der Waals surface area contributed by atoms with E-state index in [4.69, 9.17) is 10.5 Å². The van der Waals surface area contributed by atoms with E-state index in [9.17, 15) is 18.0 Å². The third-order valence-electron chi connectivity index (χ3n) is 2.80. The lowest BCUT2D eigenvalue weighted by Crippen LogP contribution is -2.61. The highest BCUT2D eigenvalue weighted by Gasteiger charge is 2.55. The molecule has 2 N–H and O–H groups in total. The van der Waals surface area contributed by atoms with E-state index >= 15 is 0 Å². The summed E-state index contributed by atoms with van der Waals surface area (Å²) in [5.41, 5.74) is 2.22. The molecule has 1 amide bonds. The number of nitrogens with two attached hydrogens (primary N) is 1. The van der Waals surface area contributed by atoms with Gasteiger partial charge in [0.2, 0.25) is 0 Å². The predicted octanol–water partition coefficient (Wildman–Crippen LogP) is 0.513. The summed E-state index contributed by atoms with van der Waals surface area (Å²) >= 11 is 0. The minimum Gasteiger partial charge on any atom is -0.380 e. The van der Waals surface area contributed by atoms with Gasteiger partial charge >= 0.3 is 6.18 Å². The van der Waals surface area contributed by atoms with Crippen molar-refractivity contribution in [1.29, 1.82) is 0 Å². The van der Waals surface area contributed by atoms with Gasteiger partial charge in [0.15, 0.2) is 5.54 Å². The lowest BCUT2D eigenvalue weighted by atomic mass is 10.0. The largest absolute Gasteiger partial charge is 0.415 e. The zero-order valence-corrected chi connectivity index (χ0v) is 9.17. The first kappa shape index (κ1) is 13.2. The molecule has 1 saturated heterocycles. The Hall–Kier alpha value is -0.820. The predicted molar refractivity (Wildman–Crippen MR) is 50.6 cm³/mol. The van der Waals surface area contributed by atoms with Crippen molar-refractivity contribution in [3.8, 4) is 0 Å². The van der Waals surface area contributed by atoms with E-state index in [0.29, 0.717) is 13.3 Å². The number of ether oxygens (including phenoxy) is 1. The van der Waals surface area contributed by atoms with Crippen molar-refractivity contribution in [2.24, 2.45) is 5.73 Å². The molecule has 1 rings (SSSR count). The fraction of sp³-hybridized carbons (Fsp3) is 0.889. The Labute approximate surface area is 91.5 Å². The number of methoxy groups -OCH3 is 1. The fourth-order valence-electron chi connectivity index (χ4n) is 1.55. The molecule has 0 aromatic rings. The van der Waals surface area contributed by atoms with Crippen LogP contribution in [0.4, 0.5) is 13.2 Å². The second kappa shape index (κ2) is 4.21. The SMILES string of the molecule is COC1CCN(C(=O)C(C)(N)C(F)(F)F)C1. The number of halogens is 3. The summed E-state index contributed by atoms with van der Waals surface area (Å²) in [5, 5.41) is 0. The second-order valence-electron chi connectivity index (χ2n) is 4.10. The van der Waals surface area contributed by atoms with Crippen LogP contribution >= 0.6 is 0 Å². The number of hydrogen-bond acceptors (Lipinski definition) is 3. The van der Waals surface area contributed by atoms with E-state index in [0.717, 1.165) is 4.90 Å². The van der Waals surface area contributed by atoms with Crippen LogP contribution in [0.1, 0.15) is 13.3 Å². The van der Waals surface area contributed by atoms with Crippen LogP contribution in [0.15, 0.2) is 0 Å². The molecular weight excluding hydrogens is 225 g/mol. The summed E-state index contributed by atoms with van der Waals surface area (Å²) in [6, 6.07) is 0. The van der Waals surface area contributed by atoms with Gasteiger partial charge in [-0.25, -0.2) is 0 Å². The summed E-state index contributed by atoms with van der Waals surface area (Å²) < 4.78 is 42.5. The molecule has 0 aromatic carbocycles. The third kappa shape index (κ3) is 2.30. The van der Waals surface area contributed by atoms with Crippen molar-refractivity contribution in [3.05, 3.63) is 0 Å². The number of rotatable bonds is 2. The van der Waals surface area contributed by atoms with Crippen molar-refractivity contribution in [3.63, 3.8) is 0 Å². The van der Waals surface area contributed by atoms with E-state index in [1.54, 1.807) is 0 Å². The number of hydrogen-bond donors (Lipinski definition) is 1. The highest BCUT2D eigenvalue weighted by Crippen LogP contribution is 2.30. The van der Waals surface area contributed by atoms with Crippen molar-refractivity contribution in [2.45, 2.75) is 31.2 Å². The lowest BCUT2D eigenvalue weighted by molar-refractivity contribution is -0.193. The Bertz CT molecular complexity index is 278. The molecule has 4 nitrogen and oxygen atoms in total. The van der Waals surface area contributed by atoms with Crippen molar-refractivity contribution in [1.82, 2.24) is 4.90 Å². The smallest absolute Gasteiger partial charge is 0.380 e. The van der Waals surface area contributed by atoms with Gasteiger partial charge in [0, 0.05) is 20.2 Å². The first-order chi connectivity index (χ1) is 7.20. The fourth-order valence-corrected chi connectivity index (χ4v) is 1.55. The molecule has 94 valence electrons. The number of nitrogens with zero attached hydrogens (tertiary/aromatic N) is 1. The van der Waals surface area contributed by atoms with E-state index in [1.807, 2.05) is 0 Å². The number of carbonyl (C=O) groups is 1. The standard InChI is InChI=1S/C9H15F3N2O2/c1-8(13,9(10,11)12)7(15)14-4-3-6(5-14)16-2/h6H,3-5,13H2,1-2H3. The number of carbonyl (C=O) groups excluding carboxylic acids is 1. The highest BCUT2D eigenvalue weighted by molar-refractivity contribution is 5.87. The normalized spacial score (nSPS) is 25.6. The molecule has 0 aromatic heterocycles. The lowest BCUT2D eigenvalue weighted by Gasteiger charge is -2.30. The summed E-state index contributed by atoms with van der Waals surface area (Å²) in [6.45, 7) is 1.11. The van der Waals surface area contributed by atoms with Gasteiger partial charge in [-0.15, -0.1) is 0 Å². The quantitative estimate of drug-likeness (QED) is 0.765. The Balaban J connectivity index is 2.72. The molecular formula is C9H15F3N2O2. The van der Waals surface area contributed by atoms with E-state index in [1.165, 1.54) is 7.11 Å². The molecule has 1 aliphatic heterocycles.